The summed E-state index contributed by atoms with van der Waals surface area (Å²) in [6, 6.07) is 12.4. The fraction of sp³-hybridized carbons (Fsp3) is 0.323. The van der Waals surface area contributed by atoms with Crippen molar-refractivity contribution in [2.24, 2.45) is 0 Å². The van der Waals surface area contributed by atoms with Gasteiger partial charge >= 0.3 is 18.1 Å². The van der Waals surface area contributed by atoms with Crippen LogP contribution in [0.1, 0.15) is 55.1 Å². The highest BCUT2D eigenvalue weighted by atomic mass is 19.4. The zero-order valence-corrected chi connectivity index (χ0v) is 23.4. The highest BCUT2D eigenvalue weighted by Gasteiger charge is 2.48. The van der Waals surface area contributed by atoms with Crippen molar-refractivity contribution in [2.75, 3.05) is 25.2 Å². The Bertz CT molecular complexity index is 1750. The summed E-state index contributed by atoms with van der Waals surface area (Å²) in [5.74, 6) is -2.22. The van der Waals surface area contributed by atoms with Gasteiger partial charge in [-0.15, -0.1) is 0 Å². The minimum atomic E-state index is -5.18. The molecule has 224 valence electrons. The zero-order valence-electron chi connectivity index (χ0n) is 23.4. The van der Waals surface area contributed by atoms with E-state index in [2.05, 4.69) is 4.98 Å². The summed E-state index contributed by atoms with van der Waals surface area (Å²) in [4.78, 5) is 30.1. The molecule has 0 aliphatic carbocycles. The van der Waals surface area contributed by atoms with E-state index in [1.165, 1.54) is 31.4 Å². The lowest BCUT2D eigenvalue weighted by Crippen LogP contribution is -2.44. The molecule has 43 heavy (non-hydrogen) atoms. The lowest BCUT2D eigenvalue weighted by molar-refractivity contribution is -0.171. The number of halogens is 4. The first-order valence-electron chi connectivity index (χ1n) is 13.7. The van der Waals surface area contributed by atoms with Crippen LogP contribution in [0.25, 0.3) is 16.7 Å². The van der Waals surface area contributed by atoms with Crippen LogP contribution in [-0.2, 0) is 14.3 Å². The van der Waals surface area contributed by atoms with Gasteiger partial charge in [-0.1, -0.05) is 32.0 Å². The van der Waals surface area contributed by atoms with Crippen LogP contribution in [0, 0.1) is 5.82 Å². The number of anilines is 1. The number of rotatable bonds is 6. The Morgan fingerprint density at radius 3 is 2.58 bits per heavy atom. The Kier molecular flexibility index (Phi) is 7.02. The standard InChI is InChI=1S/C31H27F4N3O5/c1-16(2)29-36-22-10-7-18(32)12-24(22)38(29)23-6-4-5-21-25(15-43-28(21)23)37(30(40)31(33,34)35)19-8-9-20-17(11-27(39)41-3)14-42-26(20)13-19/h4-10,12-13,16-17,25H,11,14-15H2,1-3H3/t17-,25-/m1/s1. The van der Waals surface area contributed by atoms with Crippen LogP contribution >= 0.6 is 0 Å². The molecule has 3 aromatic carbocycles. The molecule has 2 aliphatic rings. The van der Waals surface area contributed by atoms with Crippen molar-refractivity contribution in [1.82, 2.24) is 9.55 Å². The summed E-state index contributed by atoms with van der Waals surface area (Å²) in [6.07, 6.45) is -5.14. The van der Waals surface area contributed by atoms with Crippen LogP contribution in [-0.4, -0.2) is 47.9 Å². The third-order valence-corrected chi connectivity index (χ3v) is 7.74. The van der Waals surface area contributed by atoms with Crippen LogP contribution in [0.15, 0.2) is 54.6 Å². The Morgan fingerprint density at radius 1 is 1.07 bits per heavy atom. The van der Waals surface area contributed by atoms with Gasteiger partial charge in [0.25, 0.3) is 0 Å². The molecular weight excluding hydrogens is 570 g/mol. The van der Waals surface area contributed by atoms with E-state index in [-0.39, 0.29) is 48.7 Å². The van der Waals surface area contributed by atoms with Crippen molar-refractivity contribution in [1.29, 1.82) is 0 Å². The van der Waals surface area contributed by atoms with Crippen molar-refractivity contribution in [3.8, 4) is 17.2 Å². The Hall–Kier alpha value is -4.61. The normalized spacial score (nSPS) is 17.4. The second-order valence-electron chi connectivity index (χ2n) is 10.8. The predicted molar refractivity (Wildman–Crippen MR) is 148 cm³/mol. The number of imidazole rings is 1. The molecule has 0 spiro atoms. The summed E-state index contributed by atoms with van der Waals surface area (Å²) in [5.41, 5.74) is 2.45. The molecule has 6 rings (SSSR count). The molecule has 0 bridgehead atoms. The van der Waals surface area contributed by atoms with Gasteiger partial charge in [-0.05, 0) is 24.3 Å². The first-order chi connectivity index (χ1) is 20.5. The van der Waals surface area contributed by atoms with Crippen LogP contribution in [0.5, 0.6) is 11.5 Å². The maximum Gasteiger partial charge on any atom is 0.471 e. The number of carbonyl (C=O) groups excluding carboxylic acids is 2. The van der Waals surface area contributed by atoms with Crippen LogP contribution in [0.4, 0.5) is 23.2 Å². The summed E-state index contributed by atoms with van der Waals surface area (Å²) in [7, 11) is 1.27. The number of hydrogen-bond acceptors (Lipinski definition) is 6. The molecule has 1 aromatic heterocycles. The van der Waals surface area contributed by atoms with Gasteiger partial charge in [-0.2, -0.15) is 13.2 Å². The summed E-state index contributed by atoms with van der Waals surface area (Å²) >= 11 is 0. The molecule has 12 heteroatoms. The van der Waals surface area contributed by atoms with Crippen LogP contribution in [0.2, 0.25) is 0 Å². The largest absolute Gasteiger partial charge is 0.493 e. The quantitative estimate of drug-likeness (QED) is 0.190. The number of hydrogen-bond donors (Lipinski definition) is 0. The number of methoxy groups -OCH3 is 1. The average molecular weight is 598 g/mol. The highest BCUT2D eigenvalue weighted by Crippen LogP contribution is 2.46. The number of aromatic nitrogens is 2. The van der Waals surface area contributed by atoms with Gasteiger partial charge in [-0.25, -0.2) is 9.37 Å². The monoisotopic (exact) mass is 597 g/mol. The van der Waals surface area contributed by atoms with E-state index in [9.17, 15) is 27.2 Å². The number of para-hydroxylation sites is 1. The van der Waals surface area contributed by atoms with Gasteiger partial charge in [-0.3, -0.25) is 19.1 Å². The number of nitrogens with zero attached hydrogens (tertiary/aromatic N) is 3. The number of carbonyl (C=O) groups is 2. The number of fused-ring (bicyclic) bond motifs is 3. The van der Waals surface area contributed by atoms with E-state index in [0.717, 1.165) is 0 Å². The smallest absolute Gasteiger partial charge is 0.471 e. The molecule has 0 N–H and O–H groups in total. The SMILES string of the molecule is COC(=O)C[C@@H]1COc2cc(N(C(=O)C(F)(F)F)[C@@H]3COc4c3cccc4-n3c(C(C)C)nc4ccc(F)cc43)ccc21. The van der Waals surface area contributed by atoms with E-state index < -0.39 is 29.9 Å². The van der Waals surface area contributed by atoms with Gasteiger partial charge in [0.2, 0.25) is 0 Å². The molecule has 1 amide bonds. The summed E-state index contributed by atoms with van der Waals surface area (Å²) in [5, 5.41) is 0. The van der Waals surface area contributed by atoms with E-state index in [1.54, 1.807) is 34.9 Å². The Labute approximate surface area is 243 Å². The highest BCUT2D eigenvalue weighted by molar-refractivity contribution is 5.98. The molecule has 0 saturated heterocycles. The van der Waals surface area contributed by atoms with E-state index >= 15 is 0 Å². The molecular formula is C31H27F4N3O5. The molecule has 4 aromatic rings. The maximum atomic E-state index is 14.3. The molecule has 0 radical (unpaired) electrons. The second kappa shape index (κ2) is 10.6. The summed E-state index contributed by atoms with van der Waals surface area (Å²) in [6.45, 7) is 3.75. The molecule has 0 saturated carbocycles. The van der Waals surface area contributed by atoms with Gasteiger partial charge in [0.15, 0.2) is 0 Å². The zero-order chi connectivity index (χ0) is 30.6. The maximum absolute atomic E-state index is 14.3. The Balaban J connectivity index is 1.45. The van der Waals surface area contributed by atoms with Crippen molar-refractivity contribution in [3.63, 3.8) is 0 Å². The third-order valence-electron chi connectivity index (χ3n) is 7.74. The number of ether oxygens (including phenoxy) is 3. The number of esters is 1. The molecule has 0 unspecified atom stereocenters. The van der Waals surface area contributed by atoms with Crippen LogP contribution in [0.3, 0.4) is 0 Å². The van der Waals surface area contributed by atoms with Gasteiger partial charge < -0.3 is 14.2 Å². The lowest BCUT2D eigenvalue weighted by atomic mass is 9.97. The van der Waals surface area contributed by atoms with Crippen LogP contribution < -0.4 is 14.4 Å². The van der Waals surface area contributed by atoms with Gasteiger partial charge in [0, 0.05) is 40.8 Å². The first-order valence-corrected chi connectivity index (χ1v) is 13.7. The molecule has 0 fully saturated rings. The van der Waals surface area contributed by atoms with E-state index in [0.29, 0.717) is 38.6 Å². The number of alkyl halides is 3. The predicted octanol–water partition coefficient (Wildman–Crippen LogP) is 6.36. The van der Waals surface area contributed by atoms with E-state index in [4.69, 9.17) is 14.2 Å². The lowest BCUT2D eigenvalue weighted by Gasteiger charge is -2.29. The minimum Gasteiger partial charge on any atom is -0.493 e. The molecule has 2 atom stereocenters. The van der Waals surface area contributed by atoms with Crippen molar-refractivity contribution in [2.45, 2.75) is 44.3 Å². The van der Waals surface area contributed by atoms with Crippen molar-refractivity contribution >= 4 is 28.6 Å². The Morgan fingerprint density at radius 2 is 1.86 bits per heavy atom. The molecule has 3 heterocycles. The fourth-order valence-electron chi connectivity index (χ4n) is 5.76. The van der Waals surface area contributed by atoms with Crippen molar-refractivity contribution < 1.29 is 41.4 Å². The first kappa shape index (κ1) is 28.5. The number of amides is 1. The fourth-order valence-corrected chi connectivity index (χ4v) is 5.76. The summed E-state index contributed by atoms with van der Waals surface area (Å²) < 4.78 is 74.6. The average Bonchev–Trinajstić information content (AvgIpc) is 3.68. The second-order valence-corrected chi connectivity index (χ2v) is 10.8. The minimum absolute atomic E-state index is 0.0373. The van der Waals surface area contributed by atoms with E-state index in [1.807, 2.05) is 13.8 Å². The number of benzene rings is 3. The molecule has 8 nitrogen and oxygen atoms in total. The molecule has 2 aliphatic heterocycles. The van der Waals surface area contributed by atoms with Crippen molar-refractivity contribution in [3.05, 3.63) is 77.4 Å². The third kappa shape index (κ3) is 4.94. The topological polar surface area (TPSA) is 82.9 Å². The van der Waals surface area contributed by atoms with Gasteiger partial charge in [0.05, 0.1) is 42.9 Å². The van der Waals surface area contributed by atoms with Gasteiger partial charge in [0.1, 0.15) is 29.7 Å².